The van der Waals surface area contributed by atoms with Gasteiger partial charge in [-0.05, 0) is 51.7 Å². The highest BCUT2D eigenvalue weighted by Gasteiger charge is 2.31. The summed E-state index contributed by atoms with van der Waals surface area (Å²) in [6, 6.07) is 0. The zero-order valence-corrected chi connectivity index (χ0v) is 15.7. The molecule has 0 saturated carbocycles. The minimum atomic E-state index is 0.249. The summed E-state index contributed by atoms with van der Waals surface area (Å²) in [7, 11) is 2.08. The second kappa shape index (κ2) is 6.16. The van der Waals surface area contributed by atoms with Crippen LogP contribution in [0.25, 0.3) is 0 Å². The van der Waals surface area contributed by atoms with E-state index in [2.05, 4.69) is 56.0 Å². The highest BCUT2D eigenvalue weighted by atomic mass is 79.9. The molecule has 3 heterocycles. The van der Waals surface area contributed by atoms with Crippen molar-refractivity contribution in [2.24, 2.45) is 0 Å². The number of thioether (sulfide) groups is 2. The van der Waals surface area contributed by atoms with Gasteiger partial charge in [0.15, 0.2) is 5.78 Å². The first-order chi connectivity index (χ1) is 9.54. The molecule has 0 bridgehead atoms. The maximum atomic E-state index is 12.8. The maximum absolute atomic E-state index is 12.8. The summed E-state index contributed by atoms with van der Waals surface area (Å²) in [6.07, 6.45) is 6.00. The van der Waals surface area contributed by atoms with Crippen molar-refractivity contribution in [2.45, 2.75) is 12.8 Å². The normalized spacial score (nSPS) is 31.9. The third kappa shape index (κ3) is 3.04. The lowest BCUT2D eigenvalue weighted by Gasteiger charge is -2.28. The number of rotatable bonds is 0. The summed E-state index contributed by atoms with van der Waals surface area (Å²) in [5.41, 5.74) is 1.95. The average Bonchev–Trinajstić information content (AvgIpc) is 3.01. The fourth-order valence-electron chi connectivity index (χ4n) is 2.47. The molecule has 0 N–H and O–H groups in total. The fraction of sp³-hybridized carbons (Fsp3) is 0.357. The average molecular weight is 435 g/mol. The third-order valence-corrected chi connectivity index (χ3v) is 7.08. The number of nitrogens with zero attached hydrogens (tertiary/aromatic N) is 1. The number of piperidine rings is 1. The molecule has 0 atom stereocenters. The largest absolute Gasteiger partial charge is 0.298 e. The summed E-state index contributed by atoms with van der Waals surface area (Å²) in [6.45, 7) is 1.51. The van der Waals surface area contributed by atoms with Gasteiger partial charge in [0.25, 0.3) is 0 Å². The Morgan fingerprint density at radius 3 is 1.80 bits per heavy atom. The van der Waals surface area contributed by atoms with Gasteiger partial charge in [0.2, 0.25) is 0 Å². The van der Waals surface area contributed by atoms with Crippen LogP contribution in [0.3, 0.4) is 0 Å². The van der Waals surface area contributed by atoms with Crippen LogP contribution < -0.4 is 0 Å². The highest BCUT2D eigenvalue weighted by Crippen LogP contribution is 2.45. The summed E-state index contributed by atoms with van der Waals surface area (Å²) < 4.78 is 2.24. The van der Waals surface area contributed by atoms with E-state index in [1.54, 1.807) is 23.5 Å². The van der Waals surface area contributed by atoms with Gasteiger partial charge in [0.1, 0.15) is 0 Å². The minimum Gasteiger partial charge on any atom is -0.298 e. The molecule has 0 aromatic heterocycles. The van der Waals surface area contributed by atoms with Crippen LogP contribution in [-0.4, -0.2) is 30.8 Å². The van der Waals surface area contributed by atoms with E-state index in [0.717, 1.165) is 44.7 Å². The number of hydrogen-bond acceptors (Lipinski definition) is 4. The van der Waals surface area contributed by atoms with Crippen molar-refractivity contribution in [3.8, 4) is 0 Å². The number of carbonyl (C=O) groups excluding carboxylic acids is 1. The van der Waals surface area contributed by atoms with Crippen LogP contribution >= 0.6 is 55.4 Å². The number of allylic oxidation sites excluding steroid dienone is 4. The number of carbonyl (C=O) groups is 1. The Kier molecular flexibility index (Phi) is 4.67. The molecule has 106 valence electrons. The zero-order chi connectivity index (χ0) is 14.3. The number of hydrogen-bond donors (Lipinski definition) is 0. The van der Waals surface area contributed by atoms with Crippen LogP contribution in [0.5, 0.6) is 0 Å². The molecule has 0 unspecified atom stereocenters. The molecule has 0 amide bonds. The molecule has 1 saturated heterocycles. The van der Waals surface area contributed by atoms with Gasteiger partial charge in [0, 0.05) is 34.0 Å². The van der Waals surface area contributed by atoms with Crippen molar-refractivity contribution < 1.29 is 4.79 Å². The molecule has 1 fully saturated rings. The van der Waals surface area contributed by atoms with Crippen LogP contribution in [0.2, 0.25) is 0 Å². The second-order valence-corrected chi connectivity index (χ2v) is 9.97. The molecule has 3 aliphatic rings. The maximum Gasteiger partial charge on any atom is 0.189 e. The van der Waals surface area contributed by atoms with Gasteiger partial charge in [0.05, 0.1) is 7.63 Å². The van der Waals surface area contributed by atoms with Gasteiger partial charge in [-0.1, -0.05) is 35.7 Å². The predicted molar refractivity (Wildman–Crippen MR) is 95.0 cm³/mol. The summed E-state index contributed by atoms with van der Waals surface area (Å²) in [5, 5.41) is 0. The first-order valence-corrected chi connectivity index (χ1v) is 9.51. The second-order valence-electron chi connectivity index (χ2n) is 4.93. The van der Waals surface area contributed by atoms with Gasteiger partial charge >= 0.3 is 0 Å². The van der Waals surface area contributed by atoms with E-state index in [1.807, 2.05) is 0 Å². The molecule has 0 radical (unpaired) electrons. The van der Waals surface area contributed by atoms with E-state index in [9.17, 15) is 4.79 Å². The Morgan fingerprint density at radius 1 is 1.00 bits per heavy atom. The summed E-state index contributed by atoms with van der Waals surface area (Å²) >= 11 is 10.4. The van der Waals surface area contributed by atoms with Crippen molar-refractivity contribution in [1.82, 2.24) is 4.90 Å². The van der Waals surface area contributed by atoms with Crippen molar-refractivity contribution >= 4 is 61.2 Å². The van der Waals surface area contributed by atoms with Gasteiger partial charge in [-0.15, -0.1) is 0 Å². The van der Waals surface area contributed by atoms with Gasteiger partial charge in [-0.3, -0.25) is 9.69 Å². The van der Waals surface area contributed by atoms with Crippen LogP contribution in [0.1, 0.15) is 12.8 Å². The number of halogens is 2. The fourth-order valence-corrected chi connectivity index (χ4v) is 5.66. The van der Waals surface area contributed by atoms with E-state index in [4.69, 9.17) is 0 Å². The van der Waals surface area contributed by atoms with E-state index in [1.165, 1.54) is 9.81 Å². The Labute approximate surface area is 144 Å². The SMILES string of the molecule is CN1CC(=C2CC=C(Br)S2)C(=O)C(=C2CC=C(Br)S2)C1. The lowest BCUT2D eigenvalue weighted by Crippen LogP contribution is -2.36. The molecule has 2 nitrogen and oxygen atoms in total. The standard InChI is InChI=1S/C14H13Br2NOS2/c1-17-6-8(10-2-4-12(15)19-10)14(18)9(7-17)11-3-5-13(16)20-11/h4-5H,2-3,6-7H2,1H3. The number of likely N-dealkylation sites (N-methyl/N-ethyl adjacent to an activating group) is 1. The van der Waals surface area contributed by atoms with Crippen LogP contribution in [-0.2, 0) is 4.79 Å². The first-order valence-electron chi connectivity index (χ1n) is 6.29. The molecular weight excluding hydrogens is 422 g/mol. The van der Waals surface area contributed by atoms with E-state index in [-0.39, 0.29) is 5.78 Å². The van der Waals surface area contributed by atoms with Crippen LogP contribution in [0.15, 0.2) is 40.7 Å². The highest BCUT2D eigenvalue weighted by molar-refractivity contribution is 9.14. The Hall–Kier alpha value is 0.250. The molecule has 0 aromatic rings. The Balaban J connectivity index is 1.94. The molecule has 6 heteroatoms. The van der Waals surface area contributed by atoms with Crippen molar-refractivity contribution in [3.05, 3.63) is 40.7 Å². The minimum absolute atomic E-state index is 0.249. The number of Topliss-reactive ketones (excluding diaryl/α,β-unsaturated/α-hetero) is 1. The van der Waals surface area contributed by atoms with Crippen LogP contribution in [0.4, 0.5) is 0 Å². The molecule has 3 aliphatic heterocycles. The zero-order valence-electron chi connectivity index (χ0n) is 10.9. The van der Waals surface area contributed by atoms with Gasteiger partial charge < -0.3 is 0 Å². The van der Waals surface area contributed by atoms with Gasteiger partial charge in [-0.2, -0.15) is 0 Å². The Morgan fingerprint density at radius 2 is 1.45 bits per heavy atom. The summed E-state index contributed by atoms with van der Waals surface area (Å²) in [5.74, 6) is 0.249. The number of likely N-dealkylation sites (tertiary alicyclic amines) is 1. The monoisotopic (exact) mass is 433 g/mol. The van der Waals surface area contributed by atoms with Crippen LogP contribution in [0, 0.1) is 0 Å². The van der Waals surface area contributed by atoms with Crippen molar-refractivity contribution in [3.63, 3.8) is 0 Å². The molecule has 0 aliphatic carbocycles. The smallest absolute Gasteiger partial charge is 0.189 e. The lowest BCUT2D eigenvalue weighted by molar-refractivity contribution is -0.113. The van der Waals surface area contributed by atoms with E-state index in [0.29, 0.717) is 0 Å². The summed E-state index contributed by atoms with van der Waals surface area (Å²) in [4.78, 5) is 17.4. The molecule has 20 heavy (non-hydrogen) atoms. The number of ketones is 1. The quantitative estimate of drug-likeness (QED) is 0.512. The predicted octanol–water partition coefficient (Wildman–Crippen LogP) is 4.76. The van der Waals surface area contributed by atoms with E-state index >= 15 is 0 Å². The van der Waals surface area contributed by atoms with E-state index < -0.39 is 0 Å². The Bertz CT molecular complexity index is 554. The van der Waals surface area contributed by atoms with Crippen molar-refractivity contribution in [1.29, 1.82) is 0 Å². The molecule has 0 spiro atoms. The molecule has 3 rings (SSSR count). The topological polar surface area (TPSA) is 20.3 Å². The van der Waals surface area contributed by atoms with Crippen molar-refractivity contribution in [2.75, 3.05) is 20.1 Å². The molecular formula is C14H13Br2NOS2. The van der Waals surface area contributed by atoms with Gasteiger partial charge in [-0.25, -0.2) is 0 Å². The molecule has 0 aromatic carbocycles. The first kappa shape index (κ1) is 15.2. The third-order valence-electron chi connectivity index (χ3n) is 3.41. The lowest BCUT2D eigenvalue weighted by atomic mass is 9.96.